The molecule has 0 aliphatic heterocycles. The fourth-order valence-corrected chi connectivity index (χ4v) is 3.21. The molecule has 1 amide bonds. The predicted molar refractivity (Wildman–Crippen MR) is 112 cm³/mol. The maximum atomic E-state index is 12.7. The van der Waals surface area contributed by atoms with Crippen LogP contribution in [0.3, 0.4) is 0 Å². The number of carbonyl (C=O) groups is 1. The molecule has 3 aromatic carbocycles. The molecule has 0 spiro atoms. The van der Waals surface area contributed by atoms with Crippen molar-refractivity contribution in [2.45, 2.75) is 13.8 Å². The average molecular weight is 369 g/mol. The van der Waals surface area contributed by atoms with Gasteiger partial charge in [0.1, 0.15) is 11.3 Å². The van der Waals surface area contributed by atoms with E-state index < -0.39 is 0 Å². The van der Waals surface area contributed by atoms with Gasteiger partial charge in [-0.2, -0.15) is 0 Å². The van der Waals surface area contributed by atoms with Gasteiger partial charge < -0.3 is 9.73 Å². The Morgan fingerprint density at radius 2 is 1.71 bits per heavy atom. The highest BCUT2D eigenvalue weighted by atomic mass is 16.3. The van der Waals surface area contributed by atoms with E-state index in [0.717, 1.165) is 16.7 Å². The first-order valence-corrected chi connectivity index (χ1v) is 9.03. The Hall–Kier alpha value is -3.66. The van der Waals surface area contributed by atoms with Crippen LogP contribution < -0.4 is 10.7 Å². The third-order valence-corrected chi connectivity index (χ3v) is 4.68. The van der Waals surface area contributed by atoms with Gasteiger partial charge in [-0.15, -0.1) is 0 Å². The van der Waals surface area contributed by atoms with Crippen molar-refractivity contribution in [3.05, 3.63) is 99.7 Å². The molecule has 4 heteroatoms. The minimum atomic E-state index is -0.219. The molecule has 1 N–H and O–H groups in total. The maximum Gasteiger partial charge on any atom is 0.255 e. The predicted octanol–water partition coefficient (Wildman–Crippen LogP) is 5.33. The number of benzene rings is 3. The Labute approximate surface area is 162 Å². The second-order valence-electron chi connectivity index (χ2n) is 6.82. The zero-order valence-corrected chi connectivity index (χ0v) is 15.7. The van der Waals surface area contributed by atoms with Gasteiger partial charge in [-0.1, -0.05) is 42.0 Å². The summed E-state index contributed by atoms with van der Waals surface area (Å²) in [5.41, 5.74) is 4.39. The Bertz CT molecular complexity index is 1250. The summed E-state index contributed by atoms with van der Waals surface area (Å²) in [7, 11) is 0. The molecule has 0 saturated carbocycles. The van der Waals surface area contributed by atoms with Crippen molar-refractivity contribution in [3.8, 4) is 11.3 Å². The molecular formula is C24H19NO3. The molecule has 4 aromatic rings. The minimum Gasteiger partial charge on any atom is -0.456 e. The second-order valence-corrected chi connectivity index (χ2v) is 6.82. The topological polar surface area (TPSA) is 59.3 Å². The van der Waals surface area contributed by atoms with E-state index in [-0.39, 0.29) is 11.3 Å². The van der Waals surface area contributed by atoms with Crippen molar-refractivity contribution in [2.24, 2.45) is 0 Å². The number of aryl methyl sites for hydroxylation is 2. The summed E-state index contributed by atoms with van der Waals surface area (Å²) >= 11 is 0. The third kappa shape index (κ3) is 3.45. The van der Waals surface area contributed by atoms with Gasteiger partial charge >= 0.3 is 0 Å². The van der Waals surface area contributed by atoms with E-state index in [1.165, 1.54) is 6.07 Å². The molecule has 0 saturated heterocycles. The number of rotatable bonds is 3. The molecule has 28 heavy (non-hydrogen) atoms. The summed E-state index contributed by atoms with van der Waals surface area (Å²) in [5, 5.41) is 3.27. The molecular weight excluding hydrogens is 350 g/mol. The lowest BCUT2D eigenvalue weighted by Crippen LogP contribution is -2.12. The molecule has 138 valence electrons. The van der Waals surface area contributed by atoms with Gasteiger partial charge in [-0.05, 0) is 49.7 Å². The molecule has 0 aliphatic rings. The summed E-state index contributed by atoms with van der Waals surface area (Å²) < 4.78 is 5.96. The molecule has 0 atom stereocenters. The van der Waals surface area contributed by atoms with E-state index >= 15 is 0 Å². The van der Waals surface area contributed by atoms with Crippen molar-refractivity contribution in [3.63, 3.8) is 0 Å². The number of amides is 1. The van der Waals surface area contributed by atoms with E-state index in [1.54, 1.807) is 24.3 Å². The van der Waals surface area contributed by atoms with E-state index in [2.05, 4.69) is 5.32 Å². The number of carbonyl (C=O) groups excluding carboxylic acids is 1. The summed E-state index contributed by atoms with van der Waals surface area (Å²) in [6.07, 6.45) is 0. The van der Waals surface area contributed by atoms with Crippen LogP contribution in [0, 0.1) is 13.8 Å². The lowest BCUT2D eigenvalue weighted by atomic mass is 10.1. The average Bonchev–Trinajstić information content (AvgIpc) is 2.68. The number of hydrogen-bond acceptors (Lipinski definition) is 3. The van der Waals surface area contributed by atoms with Crippen LogP contribution in [-0.2, 0) is 0 Å². The van der Waals surface area contributed by atoms with Crippen LogP contribution in [0.2, 0.25) is 0 Å². The largest absolute Gasteiger partial charge is 0.456 e. The summed E-state index contributed by atoms with van der Waals surface area (Å²) in [4.78, 5) is 25.1. The second kappa shape index (κ2) is 7.16. The van der Waals surface area contributed by atoms with Crippen molar-refractivity contribution < 1.29 is 9.21 Å². The molecule has 1 heterocycles. The highest BCUT2D eigenvalue weighted by Gasteiger charge is 2.11. The third-order valence-electron chi connectivity index (χ3n) is 4.68. The van der Waals surface area contributed by atoms with Crippen molar-refractivity contribution in [2.75, 3.05) is 5.32 Å². The highest BCUT2D eigenvalue weighted by Crippen LogP contribution is 2.26. The zero-order chi connectivity index (χ0) is 19.7. The molecule has 4 rings (SSSR count). The van der Waals surface area contributed by atoms with Crippen LogP contribution >= 0.6 is 0 Å². The van der Waals surface area contributed by atoms with Crippen molar-refractivity contribution in [1.82, 2.24) is 0 Å². The van der Waals surface area contributed by atoms with Crippen LogP contribution in [0.4, 0.5) is 5.69 Å². The van der Waals surface area contributed by atoms with Gasteiger partial charge in [0, 0.05) is 22.9 Å². The van der Waals surface area contributed by atoms with Crippen LogP contribution in [0.25, 0.3) is 22.3 Å². The smallest absolute Gasteiger partial charge is 0.255 e. The fraction of sp³-hybridized carbons (Fsp3) is 0.0833. The van der Waals surface area contributed by atoms with Gasteiger partial charge in [0.15, 0.2) is 5.43 Å². The van der Waals surface area contributed by atoms with Crippen LogP contribution in [0.5, 0.6) is 0 Å². The number of anilines is 1. The number of nitrogens with one attached hydrogen (secondary N) is 1. The standard InChI is InChI=1S/C24H19NO3/c1-15-6-5-8-17(12-15)24(27)25-18-10-11-22-20(13-18)21(26)14-23(28-22)19-9-4-3-7-16(19)2/h3-14H,1-2H3,(H,25,27). The van der Waals surface area contributed by atoms with Crippen LogP contribution in [0.1, 0.15) is 21.5 Å². The van der Waals surface area contributed by atoms with Crippen molar-refractivity contribution >= 4 is 22.6 Å². The summed E-state index contributed by atoms with van der Waals surface area (Å²) in [6.45, 7) is 3.91. The lowest BCUT2D eigenvalue weighted by Gasteiger charge is -2.09. The van der Waals surface area contributed by atoms with E-state index in [9.17, 15) is 9.59 Å². The maximum absolute atomic E-state index is 12.7. The first kappa shape index (κ1) is 17.7. The summed E-state index contributed by atoms with van der Waals surface area (Å²) in [5.74, 6) is 0.316. The molecule has 0 aliphatic carbocycles. The number of hydrogen-bond donors (Lipinski definition) is 1. The molecule has 0 bridgehead atoms. The first-order valence-electron chi connectivity index (χ1n) is 9.03. The van der Waals surface area contributed by atoms with Crippen LogP contribution in [0.15, 0.2) is 82.0 Å². The molecule has 1 aromatic heterocycles. The zero-order valence-electron chi connectivity index (χ0n) is 15.7. The monoisotopic (exact) mass is 369 g/mol. The quantitative estimate of drug-likeness (QED) is 0.531. The highest BCUT2D eigenvalue weighted by molar-refractivity contribution is 6.05. The fourth-order valence-electron chi connectivity index (χ4n) is 3.21. The number of fused-ring (bicyclic) bond motifs is 1. The van der Waals surface area contributed by atoms with Gasteiger partial charge in [-0.3, -0.25) is 9.59 Å². The van der Waals surface area contributed by atoms with Crippen molar-refractivity contribution in [1.29, 1.82) is 0 Å². The Kier molecular flexibility index (Phi) is 4.53. The van der Waals surface area contributed by atoms with E-state index in [0.29, 0.717) is 28.0 Å². The Balaban J connectivity index is 1.69. The minimum absolute atomic E-state index is 0.147. The Morgan fingerprint density at radius 1 is 0.893 bits per heavy atom. The van der Waals surface area contributed by atoms with Crippen LogP contribution in [-0.4, -0.2) is 5.91 Å². The molecule has 0 radical (unpaired) electrons. The Morgan fingerprint density at radius 3 is 2.50 bits per heavy atom. The van der Waals surface area contributed by atoms with E-state index in [1.807, 2.05) is 56.3 Å². The molecule has 0 fully saturated rings. The molecule has 4 nitrogen and oxygen atoms in total. The first-order chi connectivity index (χ1) is 13.5. The van der Waals surface area contributed by atoms with Gasteiger partial charge in [0.2, 0.25) is 0 Å². The van der Waals surface area contributed by atoms with E-state index in [4.69, 9.17) is 4.42 Å². The molecule has 0 unspecified atom stereocenters. The van der Waals surface area contributed by atoms with Gasteiger partial charge in [0.25, 0.3) is 5.91 Å². The van der Waals surface area contributed by atoms with Gasteiger partial charge in [0.05, 0.1) is 5.39 Å². The lowest BCUT2D eigenvalue weighted by molar-refractivity contribution is 0.102. The van der Waals surface area contributed by atoms with Gasteiger partial charge in [-0.25, -0.2) is 0 Å². The normalized spacial score (nSPS) is 10.8. The SMILES string of the molecule is Cc1cccc(C(=O)Nc2ccc3oc(-c4ccccc4C)cc(=O)c3c2)c1. The summed E-state index contributed by atoms with van der Waals surface area (Å²) in [6, 6.07) is 21.7.